The number of nitrogens with one attached hydrogen (secondary N) is 1. The first kappa shape index (κ1) is 18.8. The third kappa shape index (κ3) is 4.25. The lowest BCUT2D eigenvalue weighted by Gasteiger charge is -2.15. The third-order valence-corrected chi connectivity index (χ3v) is 4.89. The predicted octanol–water partition coefficient (Wildman–Crippen LogP) is 4.62. The van der Waals surface area contributed by atoms with Crippen LogP contribution in [0.3, 0.4) is 0 Å². The van der Waals surface area contributed by atoms with E-state index in [0.717, 1.165) is 11.3 Å². The highest BCUT2D eigenvalue weighted by Crippen LogP contribution is 2.28. The Hall–Kier alpha value is -2.93. The molecule has 1 N–H and O–H groups in total. The van der Waals surface area contributed by atoms with Crippen molar-refractivity contribution >= 4 is 39.0 Å². The van der Waals surface area contributed by atoms with E-state index in [1.54, 1.807) is 36.4 Å². The number of fused-ring (bicyclic) bond motifs is 1. The van der Waals surface area contributed by atoms with Crippen molar-refractivity contribution in [2.24, 2.45) is 0 Å². The Labute approximate surface area is 159 Å². The molecule has 0 saturated heterocycles. The number of carbonyl (C=O) groups is 2. The van der Waals surface area contributed by atoms with Crippen molar-refractivity contribution < 1.29 is 23.5 Å². The number of thiophene rings is 1. The smallest absolute Gasteiger partial charge is 0.349 e. The molecular weight excluding hydrogens is 369 g/mol. The molecule has 7 heteroatoms. The van der Waals surface area contributed by atoms with Crippen molar-refractivity contribution in [2.45, 2.75) is 20.0 Å². The average molecular weight is 387 g/mol. The van der Waals surface area contributed by atoms with Gasteiger partial charge in [0, 0.05) is 10.1 Å². The number of halogens is 1. The van der Waals surface area contributed by atoms with Gasteiger partial charge in [-0.3, -0.25) is 4.79 Å². The number of anilines is 1. The van der Waals surface area contributed by atoms with Crippen LogP contribution in [0.4, 0.5) is 10.1 Å². The van der Waals surface area contributed by atoms with Crippen LogP contribution in [0.5, 0.6) is 5.75 Å². The first-order valence-corrected chi connectivity index (χ1v) is 9.23. The van der Waals surface area contributed by atoms with Crippen LogP contribution in [0.15, 0.2) is 48.5 Å². The van der Waals surface area contributed by atoms with Gasteiger partial charge in [0.1, 0.15) is 16.4 Å². The van der Waals surface area contributed by atoms with Crippen molar-refractivity contribution in [3.05, 3.63) is 59.2 Å². The van der Waals surface area contributed by atoms with Crippen molar-refractivity contribution in [1.82, 2.24) is 0 Å². The number of rotatable bonds is 6. The van der Waals surface area contributed by atoms with E-state index < -0.39 is 23.8 Å². The summed E-state index contributed by atoms with van der Waals surface area (Å²) < 4.78 is 25.1. The van der Waals surface area contributed by atoms with E-state index in [1.165, 1.54) is 19.1 Å². The highest BCUT2D eigenvalue weighted by Gasteiger charge is 2.22. The summed E-state index contributed by atoms with van der Waals surface area (Å²) in [6, 6.07) is 13.1. The van der Waals surface area contributed by atoms with E-state index in [0.29, 0.717) is 28.1 Å². The SMILES string of the molecule is CCOc1ccccc1NC(=O)[C@@H](C)OC(=O)c1cc2c(F)cccc2s1. The van der Waals surface area contributed by atoms with Crippen LogP contribution in [0.2, 0.25) is 0 Å². The summed E-state index contributed by atoms with van der Waals surface area (Å²) in [5.74, 6) is -1.02. The second-order valence-corrected chi connectivity index (χ2v) is 6.81. The molecule has 27 heavy (non-hydrogen) atoms. The number of esters is 1. The zero-order valence-corrected chi connectivity index (χ0v) is 15.6. The number of amides is 1. The van der Waals surface area contributed by atoms with Gasteiger partial charge in [-0.25, -0.2) is 9.18 Å². The van der Waals surface area contributed by atoms with E-state index in [-0.39, 0.29) is 4.88 Å². The van der Waals surface area contributed by atoms with Gasteiger partial charge >= 0.3 is 5.97 Å². The standard InChI is InChI=1S/C20H18FNO4S/c1-3-25-16-9-5-4-8-15(16)22-19(23)12(2)26-20(24)18-11-13-14(21)7-6-10-17(13)27-18/h4-12H,3H2,1-2H3,(H,22,23)/t12-/m1/s1. The van der Waals surface area contributed by atoms with Crippen molar-refractivity contribution in [1.29, 1.82) is 0 Å². The lowest BCUT2D eigenvalue weighted by Crippen LogP contribution is -2.30. The van der Waals surface area contributed by atoms with Crippen LogP contribution >= 0.6 is 11.3 Å². The molecule has 0 aliphatic rings. The molecule has 0 saturated carbocycles. The molecule has 0 spiro atoms. The molecule has 0 radical (unpaired) electrons. The second-order valence-electron chi connectivity index (χ2n) is 5.73. The summed E-state index contributed by atoms with van der Waals surface area (Å²) in [4.78, 5) is 24.9. The molecule has 1 atom stereocenters. The summed E-state index contributed by atoms with van der Waals surface area (Å²) in [6.45, 7) is 3.78. The molecule has 0 unspecified atom stereocenters. The second kappa shape index (κ2) is 8.18. The summed E-state index contributed by atoms with van der Waals surface area (Å²) >= 11 is 1.12. The van der Waals surface area contributed by atoms with Crippen molar-refractivity contribution in [2.75, 3.05) is 11.9 Å². The zero-order valence-electron chi connectivity index (χ0n) is 14.8. The van der Waals surface area contributed by atoms with E-state index in [1.807, 2.05) is 6.92 Å². The van der Waals surface area contributed by atoms with Crippen LogP contribution in [0.1, 0.15) is 23.5 Å². The van der Waals surface area contributed by atoms with Gasteiger partial charge in [0.25, 0.3) is 5.91 Å². The average Bonchev–Trinajstić information content (AvgIpc) is 3.09. The number of ether oxygens (including phenoxy) is 2. The molecule has 5 nitrogen and oxygen atoms in total. The van der Waals surface area contributed by atoms with Crippen LogP contribution < -0.4 is 10.1 Å². The van der Waals surface area contributed by atoms with Gasteiger partial charge in [-0.05, 0) is 44.2 Å². The normalized spacial score (nSPS) is 11.8. The van der Waals surface area contributed by atoms with Crippen molar-refractivity contribution in [3.8, 4) is 5.75 Å². The molecule has 1 heterocycles. The molecular formula is C20H18FNO4S. The monoisotopic (exact) mass is 387 g/mol. The summed E-state index contributed by atoms with van der Waals surface area (Å²) in [5, 5.41) is 3.05. The summed E-state index contributed by atoms with van der Waals surface area (Å²) in [6.07, 6.45) is -1.03. The Bertz CT molecular complexity index is 985. The number of carbonyl (C=O) groups excluding carboxylic acids is 2. The number of hydrogen-bond donors (Lipinski definition) is 1. The first-order valence-electron chi connectivity index (χ1n) is 8.41. The lowest BCUT2D eigenvalue weighted by atomic mass is 10.2. The van der Waals surface area contributed by atoms with Gasteiger partial charge in [-0.2, -0.15) is 0 Å². The molecule has 140 valence electrons. The van der Waals surface area contributed by atoms with Gasteiger partial charge in [-0.1, -0.05) is 18.2 Å². The zero-order chi connectivity index (χ0) is 19.4. The van der Waals surface area contributed by atoms with Crippen LogP contribution in [-0.2, 0) is 9.53 Å². The van der Waals surface area contributed by atoms with Gasteiger partial charge < -0.3 is 14.8 Å². The fourth-order valence-corrected chi connectivity index (χ4v) is 3.44. The number of benzene rings is 2. The lowest BCUT2D eigenvalue weighted by molar-refractivity contribution is -0.123. The van der Waals surface area contributed by atoms with Gasteiger partial charge in [-0.15, -0.1) is 11.3 Å². The van der Waals surface area contributed by atoms with Crippen LogP contribution in [0.25, 0.3) is 10.1 Å². The quantitative estimate of drug-likeness (QED) is 0.627. The molecule has 0 fully saturated rings. The predicted molar refractivity (Wildman–Crippen MR) is 103 cm³/mol. The summed E-state index contributed by atoms with van der Waals surface area (Å²) in [7, 11) is 0. The molecule has 0 aliphatic carbocycles. The molecule has 0 bridgehead atoms. The maximum absolute atomic E-state index is 13.8. The minimum Gasteiger partial charge on any atom is -0.492 e. The van der Waals surface area contributed by atoms with Crippen molar-refractivity contribution in [3.63, 3.8) is 0 Å². The largest absolute Gasteiger partial charge is 0.492 e. The Morgan fingerprint density at radius 1 is 1.19 bits per heavy atom. The Morgan fingerprint density at radius 3 is 2.70 bits per heavy atom. The van der Waals surface area contributed by atoms with Crippen LogP contribution in [0, 0.1) is 5.82 Å². The van der Waals surface area contributed by atoms with Gasteiger partial charge in [0.2, 0.25) is 0 Å². The Morgan fingerprint density at radius 2 is 1.96 bits per heavy atom. The van der Waals surface area contributed by atoms with E-state index in [4.69, 9.17) is 9.47 Å². The molecule has 0 aliphatic heterocycles. The minimum absolute atomic E-state index is 0.240. The van der Waals surface area contributed by atoms with E-state index >= 15 is 0 Å². The van der Waals surface area contributed by atoms with Crippen LogP contribution in [-0.4, -0.2) is 24.6 Å². The highest BCUT2D eigenvalue weighted by atomic mass is 32.1. The molecule has 1 aromatic heterocycles. The molecule has 3 aromatic rings. The Balaban J connectivity index is 1.68. The minimum atomic E-state index is -1.03. The van der Waals surface area contributed by atoms with E-state index in [9.17, 15) is 14.0 Å². The number of hydrogen-bond acceptors (Lipinski definition) is 5. The molecule has 2 aromatic carbocycles. The van der Waals surface area contributed by atoms with Gasteiger partial charge in [0.05, 0.1) is 12.3 Å². The Kier molecular flexibility index (Phi) is 5.71. The summed E-state index contributed by atoms with van der Waals surface area (Å²) in [5.41, 5.74) is 0.496. The highest BCUT2D eigenvalue weighted by molar-refractivity contribution is 7.20. The van der Waals surface area contributed by atoms with E-state index in [2.05, 4.69) is 5.32 Å². The first-order chi connectivity index (χ1) is 13.0. The topological polar surface area (TPSA) is 64.6 Å². The molecule has 1 amide bonds. The number of para-hydroxylation sites is 2. The fraction of sp³-hybridized carbons (Fsp3) is 0.200. The fourth-order valence-electron chi connectivity index (χ4n) is 2.48. The maximum Gasteiger partial charge on any atom is 0.349 e. The van der Waals surface area contributed by atoms with Gasteiger partial charge in [0.15, 0.2) is 6.10 Å². The third-order valence-electron chi connectivity index (χ3n) is 3.81. The maximum atomic E-state index is 13.8. The molecule has 3 rings (SSSR count).